The number of hydrogen-bond acceptors (Lipinski definition) is 3. The third kappa shape index (κ3) is 3.94. The van der Waals surface area contributed by atoms with Gasteiger partial charge in [-0.2, -0.15) is 0 Å². The minimum Gasteiger partial charge on any atom is -0.378 e. The van der Waals surface area contributed by atoms with Gasteiger partial charge in [0, 0.05) is 22.0 Å². The van der Waals surface area contributed by atoms with Crippen molar-refractivity contribution in [2.24, 2.45) is 0 Å². The van der Waals surface area contributed by atoms with Crippen molar-refractivity contribution >= 4 is 43.5 Å². The van der Waals surface area contributed by atoms with E-state index in [0.29, 0.717) is 26.3 Å². The van der Waals surface area contributed by atoms with Crippen molar-refractivity contribution in [1.29, 1.82) is 0 Å². The first-order valence-corrected chi connectivity index (χ1v) is 7.74. The minimum absolute atomic E-state index is 0.107. The number of nitrogens with zero attached hydrogens (tertiary/aromatic N) is 1. The lowest BCUT2D eigenvalue weighted by Crippen LogP contribution is -2.47. The Labute approximate surface area is 129 Å². The third-order valence-electron chi connectivity index (χ3n) is 2.99. The molecule has 0 radical (unpaired) electrons. The predicted octanol–water partition coefficient (Wildman–Crippen LogP) is 2.87. The van der Waals surface area contributed by atoms with Crippen LogP contribution in [-0.4, -0.2) is 43.2 Å². The maximum atomic E-state index is 12.3. The summed E-state index contributed by atoms with van der Waals surface area (Å²) in [5.74, 6) is 0.107. The Balaban J connectivity index is 2.01. The van der Waals surface area contributed by atoms with E-state index in [1.165, 1.54) is 0 Å². The molecule has 1 aliphatic heterocycles. The Hall–Kier alpha value is -0.590. The quantitative estimate of drug-likeness (QED) is 0.861. The Morgan fingerprint density at radius 2 is 2.05 bits per heavy atom. The molecule has 2 rings (SSSR count). The van der Waals surface area contributed by atoms with Crippen molar-refractivity contribution < 1.29 is 9.53 Å². The molecule has 1 amide bonds. The van der Waals surface area contributed by atoms with E-state index >= 15 is 0 Å². The average Bonchev–Trinajstić information content (AvgIpc) is 2.43. The standard InChI is InChI=1S/C13H16Br2N2O2/c1-9(13(18)17-4-6-19-7-5-17)16-12-8-10(14)2-3-11(12)15/h2-3,8-9,16H,4-7H2,1H3. The second kappa shape index (κ2) is 6.72. The van der Waals surface area contributed by atoms with Crippen molar-refractivity contribution in [2.75, 3.05) is 31.6 Å². The molecule has 1 atom stereocenters. The summed E-state index contributed by atoms with van der Waals surface area (Å²) >= 11 is 6.90. The van der Waals surface area contributed by atoms with E-state index in [1.54, 1.807) is 0 Å². The molecule has 1 N–H and O–H groups in total. The van der Waals surface area contributed by atoms with E-state index < -0.39 is 0 Å². The zero-order valence-corrected chi connectivity index (χ0v) is 13.8. The number of morpholine rings is 1. The summed E-state index contributed by atoms with van der Waals surface area (Å²) in [5.41, 5.74) is 0.906. The maximum absolute atomic E-state index is 12.3. The summed E-state index contributed by atoms with van der Waals surface area (Å²) in [5, 5.41) is 3.24. The maximum Gasteiger partial charge on any atom is 0.244 e. The molecule has 1 aromatic carbocycles. The molecule has 1 aliphatic rings. The van der Waals surface area contributed by atoms with Crippen molar-refractivity contribution in [3.63, 3.8) is 0 Å². The van der Waals surface area contributed by atoms with Crippen LogP contribution in [0.25, 0.3) is 0 Å². The van der Waals surface area contributed by atoms with Crippen molar-refractivity contribution in [3.8, 4) is 0 Å². The number of carbonyl (C=O) groups excluding carboxylic acids is 1. The zero-order chi connectivity index (χ0) is 13.8. The van der Waals surface area contributed by atoms with Crippen LogP contribution < -0.4 is 5.32 Å². The molecule has 19 heavy (non-hydrogen) atoms. The molecule has 1 fully saturated rings. The van der Waals surface area contributed by atoms with Gasteiger partial charge in [-0.1, -0.05) is 15.9 Å². The van der Waals surface area contributed by atoms with Crippen molar-refractivity contribution in [1.82, 2.24) is 4.90 Å². The molecular formula is C13H16Br2N2O2. The summed E-state index contributed by atoms with van der Waals surface area (Å²) in [6.07, 6.45) is 0. The van der Waals surface area contributed by atoms with Gasteiger partial charge in [-0.15, -0.1) is 0 Å². The largest absolute Gasteiger partial charge is 0.378 e. The van der Waals surface area contributed by atoms with Gasteiger partial charge in [-0.3, -0.25) is 4.79 Å². The number of benzene rings is 1. The van der Waals surface area contributed by atoms with E-state index in [1.807, 2.05) is 30.0 Å². The van der Waals surface area contributed by atoms with Crippen molar-refractivity contribution in [3.05, 3.63) is 27.1 Å². The van der Waals surface area contributed by atoms with Gasteiger partial charge in [0.1, 0.15) is 6.04 Å². The molecule has 1 aromatic rings. The van der Waals surface area contributed by atoms with Gasteiger partial charge >= 0.3 is 0 Å². The van der Waals surface area contributed by atoms with Gasteiger partial charge < -0.3 is 15.0 Å². The lowest BCUT2D eigenvalue weighted by molar-refractivity contribution is -0.135. The summed E-state index contributed by atoms with van der Waals surface area (Å²) in [7, 11) is 0. The molecule has 1 heterocycles. The average molecular weight is 392 g/mol. The van der Waals surface area contributed by atoms with E-state index in [0.717, 1.165) is 14.6 Å². The molecule has 4 nitrogen and oxygen atoms in total. The Bertz CT molecular complexity index is 462. The van der Waals surface area contributed by atoms with Gasteiger partial charge in [0.05, 0.1) is 18.9 Å². The summed E-state index contributed by atoms with van der Waals surface area (Å²) in [6, 6.07) is 5.58. The first-order valence-electron chi connectivity index (χ1n) is 6.16. The number of ether oxygens (including phenoxy) is 1. The number of halogens is 2. The van der Waals surface area contributed by atoms with Crippen LogP contribution in [0, 0.1) is 0 Å². The molecule has 6 heteroatoms. The number of carbonyl (C=O) groups is 1. The smallest absolute Gasteiger partial charge is 0.244 e. The topological polar surface area (TPSA) is 41.6 Å². The number of nitrogens with one attached hydrogen (secondary N) is 1. The number of hydrogen-bond donors (Lipinski definition) is 1. The van der Waals surface area contributed by atoms with Crippen LogP contribution in [0.5, 0.6) is 0 Å². The van der Waals surface area contributed by atoms with Crippen LogP contribution in [0.4, 0.5) is 5.69 Å². The number of rotatable bonds is 3. The van der Waals surface area contributed by atoms with Crippen LogP contribution in [0.2, 0.25) is 0 Å². The van der Waals surface area contributed by atoms with Crippen LogP contribution in [0.3, 0.4) is 0 Å². The molecule has 0 aliphatic carbocycles. The van der Waals surface area contributed by atoms with Gasteiger partial charge in [0.2, 0.25) is 5.91 Å². The highest BCUT2D eigenvalue weighted by atomic mass is 79.9. The first-order chi connectivity index (χ1) is 9.08. The van der Waals surface area contributed by atoms with E-state index in [-0.39, 0.29) is 11.9 Å². The molecule has 0 aromatic heterocycles. The van der Waals surface area contributed by atoms with Gasteiger partial charge in [-0.25, -0.2) is 0 Å². The number of anilines is 1. The van der Waals surface area contributed by atoms with Gasteiger partial charge in [-0.05, 0) is 41.1 Å². The molecule has 0 bridgehead atoms. The second-order valence-electron chi connectivity index (χ2n) is 4.43. The Morgan fingerprint density at radius 3 is 2.74 bits per heavy atom. The Morgan fingerprint density at radius 1 is 1.37 bits per heavy atom. The predicted molar refractivity (Wildman–Crippen MR) is 82.3 cm³/mol. The number of amides is 1. The van der Waals surface area contributed by atoms with Crippen molar-refractivity contribution in [2.45, 2.75) is 13.0 Å². The third-order valence-corrected chi connectivity index (χ3v) is 4.18. The molecule has 1 unspecified atom stereocenters. The van der Waals surface area contributed by atoms with E-state index in [4.69, 9.17) is 4.74 Å². The molecule has 1 saturated heterocycles. The first kappa shape index (κ1) is 14.8. The highest BCUT2D eigenvalue weighted by Gasteiger charge is 2.22. The molecule has 104 valence electrons. The molecular weight excluding hydrogens is 376 g/mol. The van der Waals surface area contributed by atoms with Crippen LogP contribution in [0.15, 0.2) is 27.1 Å². The fraction of sp³-hybridized carbons (Fsp3) is 0.462. The minimum atomic E-state index is -0.260. The van der Waals surface area contributed by atoms with Crippen LogP contribution >= 0.6 is 31.9 Å². The van der Waals surface area contributed by atoms with Gasteiger partial charge in [0.25, 0.3) is 0 Å². The van der Waals surface area contributed by atoms with E-state index in [2.05, 4.69) is 37.2 Å². The highest BCUT2D eigenvalue weighted by molar-refractivity contribution is 9.11. The van der Waals surface area contributed by atoms with Crippen LogP contribution in [-0.2, 0) is 9.53 Å². The lowest BCUT2D eigenvalue weighted by atomic mass is 10.2. The summed E-state index contributed by atoms with van der Waals surface area (Å²) in [4.78, 5) is 14.1. The highest BCUT2D eigenvalue weighted by Crippen LogP contribution is 2.26. The normalized spacial score (nSPS) is 17.1. The van der Waals surface area contributed by atoms with E-state index in [9.17, 15) is 4.79 Å². The van der Waals surface area contributed by atoms with Gasteiger partial charge in [0.15, 0.2) is 0 Å². The van der Waals surface area contributed by atoms with Crippen LogP contribution in [0.1, 0.15) is 6.92 Å². The molecule has 0 saturated carbocycles. The SMILES string of the molecule is CC(Nc1cc(Br)ccc1Br)C(=O)N1CCOCC1. The Kier molecular flexibility index (Phi) is 5.24. The monoisotopic (exact) mass is 390 g/mol. The lowest BCUT2D eigenvalue weighted by Gasteiger charge is -2.30. The molecule has 0 spiro atoms. The summed E-state index contributed by atoms with van der Waals surface area (Å²) < 4.78 is 7.17. The second-order valence-corrected chi connectivity index (χ2v) is 6.20. The zero-order valence-electron chi connectivity index (χ0n) is 10.7. The summed E-state index contributed by atoms with van der Waals surface area (Å²) in [6.45, 7) is 4.47. The fourth-order valence-corrected chi connectivity index (χ4v) is 2.68. The fourth-order valence-electron chi connectivity index (χ4n) is 1.96.